The summed E-state index contributed by atoms with van der Waals surface area (Å²) in [6, 6.07) is 7.62. The Labute approximate surface area is 118 Å². The average molecular weight is 266 g/mol. The van der Waals surface area contributed by atoms with E-state index in [1.807, 2.05) is 59.0 Å². The van der Waals surface area contributed by atoms with E-state index in [4.69, 9.17) is 0 Å². The highest BCUT2D eigenvalue weighted by Crippen LogP contribution is 2.13. The summed E-state index contributed by atoms with van der Waals surface area (Å²) in [5, 5.41) is 5.84. The van der Waals surface area contributed by atoms with Gasteiger partial charge in [0.2, 0.25) is 5.91 Å². The molecule has 0 saturated heterocycles. The maximum atomic E-state index is 11.3. The molecule has 0 unspecified atom stereocenters. The number of carbonyl (C=O) groups excluding carboxylic acids is 1. The van der Waals surface area contributed by atoms with Gasteiger partial charge >= 0.3 is 0 Å². The second kappa shape index (κ2) is 12.9. The molecule has 0 aromatic heterocycles. The van der Waals surface area contributed by atoms with E-state index < -0.39 is 0 Å². The van der Waals surface area contributed by atoms with E-state index in [9.17, 15) is 4.79 Å². The molecule has 0 fully saturated rings. The molecule has 0 aliphatic carbocycles. The number of anilines is 2. The fraction of sp³-hybridized carbons (Fsp3) is 0.562. The van der Waals surface area contributed by atoms with Crippen molar-refractivity contribution in [2.75, 3.05) is 17.7 Å². The molecule has 0 spiro atoms. The van der Waals surface area contributed by atoms with Crippen LogP contribution in [0.5, 0.6) is 0 Å². The normalized spacial score (nSPS) is 8.63. The molecule has 0 radical (unpaired) electrons. The zero-order valence-corrected chi connectivity index (χ0v) is 13.5. The van der Waals surface area contributed by atoms with Crippen LogP contribution >= 0.6 is 0 Å². The molecular weight excluding hydrogens is 236 g/mol. The van der Waals surface area contributed by atoms with E-state index in [1.54, 1.807) is 0 Å². The maximum absolute atomic E-state index is 11.3. The van der Waals surface area contributed by atoms with Crippen molar-refractivity contribution in [1.82, 2.24) is 0 Å². The highest BCUT2D eigenvalue weighted by molar-refractivity contribution is 5.92. The molecule has 110 valence electrons. The Bertz CT molecular complexity index is 318. The monoisotopic (exact) mass is 266 g/mol. The van der Waals surface area contributed by atoms with E-state index in [-0.39, 0.29) is 11.8 Å². The quantitative estimate of drug-likeness (QED) is 0.827. The van der Waals surface area contributed by atoms with Crippen LogP contribution in [0.2, 0.25) is 0 Å². The van der Waals surface area contributed by atoms with E-state index in [1.165, 1.54) is 6.42 Å². The first kappa shape index (κ1) is 19.8. The fourth-order valence-electron chi connectivity index (χ4n) is 1.01. The summed E-state index contributed by atoms with van der Waals surface area (Å²) in [5.41, 5.74) is 1.87. The van der Waals surface area contributed by atoms with Gasteiger partial charge in [0.1, 0.15) is 0 Å². The molecule has 0 saturated carbocycles. The molecular formula is C16H30N2O. The van der Waals surface area contributed by atoms with Crippen molar-refractivity contribution in [3.05, 3.63) is 24.3 Å². The molecule has 1 rings (SSSR count). The van der Waals surface area contributed by atoms with Crippen molar-refractivity contribution >= 4 is 17.3 Å². The van der Waals surface area contributed by atoms with Gasteiger partial charge in [-0.05, 0) is 24.3 Å². The van der Waals surface area contributed by atoms with Crippen LogP contribution in [-0.4, -0.2) is 13.0 Å². The molecule has 0 bridgehead atoms. The molecule has 1 aromatic carbocycles. The van der Waals surface area contributed by atoms with Crippen molar-refractivity contribution in [2.24, 2.45) is 5.92 Å². The summed E-state index contributed by atoms with van der Waals surface area (Å²) >= 11 is 0. The predicted molar refractivity (Wildman–Crippen MR) is 86.8 cm³/mol. The zero-order chi connectivity index (χ0) is 15.3. The van der Waals surface area contributed by atoms with Crippen LogP contribution in [0.4, 0.5) is 11.4 Å². The molecule has 3 nitrogen and oxygen atoms in total. The predicted octanol–water partition coefficient (Wildman–Crippen LogP) is 4.77. The Morgan fingerprint density at radius 3 is 1.74 bits per heavy atom. The van der Waals surface area contributed by atoms with E-state index in [0.29, 0.717) is 0 Å². The number of carbonyl (C=O) groups is 1. The molecule has 0 atom stereocenters. The minimum Gasteiger partial charge on any atom is -0.388 e. The second-order valence-electron chi connectivity index (χ2n) is 4.18. The summed E-state index contributed by atoms with van der Waals surface area (Å²) in [4.78, 5) is 11.3. The third kappa shape index (κ3) is 10.1. The van der Waals surface area contributed by atoms with E-state index in [2.05, 4.69) is 24.5 Å². The summed E-state index contributed by atoms with van der Waals surface area (Å²) in [6.45, 7) is 12.0. The zero-order valence-electron chi connectivity index (χ0n) is 13.5. The largest absolute Gasteiger partial charge is 0.388 e. The Kier molecular flexibility index (Phi) is 13.5. The highest BCUT2D eigenvalue weighted by Gasteiger charge is 2.06. The van der Waals surface area contributed by atoms with Crippen LogP contribution in [0.15, 0.2) is 24.3 Å². The lowest BCUT2D eigenvalue weighted by molar-refractivity contribution is -0.118. The Morgan fingerprint density at radius 2 is 1.42 bits per heavy atom. The van der Waals surface area contributed by atoms with Crippen LogP contribution in [0.25, 0.3) is 0 Å². The van der Waals surface area contributed by atoms with Gasteiger partial charge in [-0.1, -0.05) is 48.0 Å². The first-order valence-electron chi connectivity index (χ1n) is 7.13. The minimum absolute atomic E-state index is 0.0129. The number of amides is 1. The van der Waals surface area contributed by atoms with Crippen molar-refractivity contribution in [2.45, 2.75) is 48.0 Å². The topological polar surface area (TPSA) is 41.1 Å². The molecule has 2 N–H and O–H groups in total. The van der Waals surface area contributed by atoms with Gasteiger partial charge in [0.05, 0.1) is 0 Å². The molecule has 19 heavy (non-hydrogen) atoms. The Morgan fingerprint density at radius 1 is 1.05 bits per heavy atom. The third-order valence-electron chi connectivity index (χ3n) is 1.97. The van der Waals surface area contributed by atoms with Crippen LogP contribution < -0.4 is 10.6 Å². The molecule has 0 heterocycles. The molecule has 3 heteroatoms. The fourth-order valence-corrected chi connectivity index (χ4v) is 1.01. The first-order valence-corrected chi connectivity index (χ1v) is 7.13. The summed E-state index contributed by atoms with van der Waals surface area (Å²) in [6.07, 6.45) is 1.25. The first-order chi connectivity index (χ1) is 9.04. The lowest BCUT2D eigenvalue weighted by Crippen LogP contribution is -2.17. The SMILES string of the molecule is CC.CCC.CNc1ccc(NC(=O)C(C)C)cc1. The summed E-state index contributed by atoms with van der Waals surface area (Å²) in [5.74, 6) is 0.0567. The van der Waals surface area contributed by atoms with Gasteiger partial charge in [0.25, 0.3) is 0 Å². The van der Waals surface area contributed by atoms with Crippen molar-refractivity contribution < 1.29 is 4.79 Å². The lowest BCUT2D eigenvalue weighted by Gasteiger charge is -2.08. The van der Waals surface area contributed by atoms with E-state index >= 15 is 0 Å². The summed E-state index contributed by atoms with van der Waals surface area (Å²) in [7, 11) is 1.86. The van der Waals surface area contributed by atoms with Crippen LogP contribution in [0.3, 0.4) is 0 Å². The highest BCUT2D eigenvalue weighted by atomic mass is 16.1. The van der Waals surface area contributed by atoms with Gasteiger partial charge in [-0.15, -0.1) is 0 Å². The van der Waals surface area contributed by atoms with Gasteiger partial charge in [-0.3, -0.25) is 4.79 Å². The lowest BCUT2D eigenvalue weighted by atomic mass is 10.2. The van der Waals surface area contributed by atoms with Crippen LogP contribution in [0.1, 0.15) is 48.0 Å². The molecule has 0 aliphatic rings. The molecule has 0 aliphatic heterocycles. The van der Waals surface area contributed by atoms with Gasteiger partial charge in [0.15, 0.2) is 0 Å². The second-order valence-corrected chi connectivity index (χ2v) is 4.18. The van der Waals surface area contributed by atoms with E-state index in [0.717, 1.165) is 11.4 Å². The molecule has 1 aromatic rings. The Hall–Kier alpha value is -1.51. The van der Waals surface area contributed by atoms with Gasteiger partial charge in [0, 0.05) is 24.3 Å². The average Bonchev–Trinajstić information content (AvgIpc) is 2.42. The number of nitrogens with one attached hydrogen (secondary N) is 2. The standard InChI is InChI=1S/C11H16N2O.C3H8.C2H6/c1-8(2)11(14)13-10-6-4-9(12-3)5-7-10;1-3-2;1-2/h4-8,12H,1-3H3,(H,13,14);3H2,1-2H3;1-2H3. The van der Waals surface area contributed by atoms with Gasteiger partial charge < -0.3 is 10.6 Å². The maximum Gasteiger partial charge on any atom is 0.226 e. The summed E-state index contributed by atoms with van der Waals surface area (Å²) < 4.78 is 0. The number of rotatable bonds is 3. The van der Waals surface area contributed by atoms with Gasteiger partial charge in [-0.25, -0.2) is 0 Å². The van der Waals surface area contributed by atoms with Crippen LogP contribution in [-0.2, 0) is 4.79 Å². The number of hydrogen-bond donors (Lipinski definition) is 2. The molecule has 1 amide bonds. The van der Waals surface area contributed by atoms with Crippen LogP contribution in [0, 0.1) is 5.92 Å². The van der Waals surface area contributed by atoms with Crippen molar-refractivity contribution in [1.29, 1.82) is 0 Å². The minimum atomic E-state index is 0.0129. The smallest absolute Gasteiger partial charge is 0.226 e. The number of hydrogen-bond acceptors (Lipinski definition) is 2. The Balaban J connectivity index is 0. The van der Waals surface area contributed by atoms with Gasteiger partial charge in [-0.2, -0.15) is 0 Å². The third-order valence-corrected chi connectivity index (χ3v) is 1.97. The number of benzene rings is 1. The van der Waals surface area contributed by atoms with Crippen molar-refractivity contribution in [3.63, 3.8) is 0 Å². The van der Waals surface area contributed by atoms with Crippen molar-refractivity contribution in [3.8, 4) is 0 Å².